The monoisotopic (exact) mass is 254 g/mol. The Hall–Kier alpha value is -1.07. The van der Waals surface area contributed by atoms with Gasteiger partial charge in [0.2, 0.25) is 5.95 Å². The van der Waals surface area contributed by atoms with E-state index in [1.165, 1.54) is 0 Å². The van der Waals surface area contributed by atoms with Crippen molar-refractivity contribution >= 4 is 5.95 Å². The lowest BCUT2D eigenvalue weighted by atomic mass is 10.3. The molecular formula is C13H26N4O. The number of nitrogens with zero attached hydrogens (tertiary/aromatic N) is 3. The van der Waals surface area contributed by atoms with Gasteiger partial charge >= 0.3 is 0 Å². The molecule has 0 saturated carbocycles. The Morgan fingerprint density at radius 2 is 2.22 bits per heavy atom. The minimum atomic E-state index is 0.178. The summed E-state index contributed by atoms with van der Waals surface area (Å²) in [7, 11) is 3.86. The lowest BCUT2D eigenvalue weighted by Gasteiger charge is -2.22. The van der Waals surface area contributed by atoms with E-state index in [0.717, 1.165) is 37.8 Å². The van der Waals surface area contributed by atoms with Crippen LogP contribution in [-0.2, 0) is 11.3 Å². The number of anilines is 1. The first kappa shape index (κ1) is 15.0. The lowest BCUT2D eigenvalue weighted by Crippen LogP contribution is -2.35. The lowest BCUT2D eigenvalue weighted by molar-refractivity contribution is 0.0826. The van der Waals surface area contributed by atoms with Crippen LogP contribution in [-0.4, -0.2) is 54.3 Å². The third-order valence-corrected chi connectivity index (χ3v) is 3.11. The highest BCUT2D eigenvalue weighted by Gasteiger charge is 2.11. The molecule has 1 aromatic heterocycles. The molecule has 1 rings (SSSR count). The maximum atomic E-state index is 5.48. The average Bonchev–Trinajstić information content (AvgIpc) is 2.74. The van der Waals surface area contributed by atoms with E-state index in [1.807, 2.05) is 6.92 Å². The Labute approximate surface area is 110 Å². The zero-order valence-corrected chi connectivity index (χ0v) is 12.2. The molecule has 0 fully saturated rings. The summed E-state index contributed by atoms with van der Waals surface area (Å²) in [5.74, 6) is 0.927. The molecule has 0 aliphatic rings. The van der Waals surface area contributed by atoms with Gasteiger partial charge < -0.3 is 19.5 Å². The van der Waals surface area contributed by atoms with Gasteiger partial charge in [-0.2, -0.15) is 0 Å². The van der Waals surface area contributed by atoms with Gasteiger partial charge in [-0.1, -0.05) is 6.92 Å². The van der Waals surface area contributed by atoms with Crippen LogP contribution in [0.2, 0.25) is 0 Å². The van der Waals surface area contributed by atoms with Gasteiger partial charge in [0, 0.05) is 32.9 Å². The summed E-state index contributed by atoms with van der Waals surface area (Å²) in [5, 5.41) is 3.37. The molecule has 1 heterocycles. The Kier molecular flexibility index (Phi) is 6.15. The maximum Gasteiger partial charge on any atom is 0.203 e. The number of ether oxygens (including phenoxy) is 1. The minimum Gasteiger partial charge on any atom is -0.378 e. The van der Waals surface area contributed by atoms with Gasteiger partial charge in [0.1, 0.15) is 0 Å². The highest BCUT2D eigenvalue weighted by molar-refractivity contribution is 5.28. The number of imidazole rings is 1. The number of aryl methyl sites for hydroxylation is 2. The second-order valence-electron chi connectivity index (χ2n) is 4.59. The van der Waals surface area contributed by atoms with E-state index in [2.05, 4.69) is 46.9 Å². The zero-order valence-electron chi connectivity index (χ0n) is 12.2. The Bertz CT molecular complexity index is 351. The normalized spacial score (nSPS) is 13.0. The first-order chi connectivity index (χ1) is 8.60. The van der Waals surface area contributed by atoms with Crippen LogP contribution in [0.5, 0.6) is 0 Å². The van der Waals surface area contributed by atoms with Gasteiger partial charge in [-0.05, 0) is 27.4 Å². The second-order valence-corrected chi connectivity index (χ2v) is 4.59. The molecule has 0 aromatic carbocycles. The highest BCUT2D eigenvalue weighted by atomic mass is 16.5. The standard InChI is InChI=1S/C13H26N4O/c1-6-16(4)10-12(18-5)8-14-13-15-11(3)9-17(13)7-2/h9,12H,6-8,10H2,1-5H3,(H,14,15). The molecule has 0 amide bonds. The summed E-state index contributed by atoms with van der Waals surface area (Å²) >= 11 is 0. The van der Waals surface area contributed by atoms with E-state index in [4.69, 9.17) is 4.74 Å². The number of methoxy groups -OCH3 is 1. The maximum absolute atomic E-state index is 5.48. The Morgan fingerprint density at radius 1 is 1.50 bits per heavy atom. The predicted octanol–water partition coefficient (Wildman–Crippen LogP) is 1.59. The third-order valence-electron chi connectivity index (χ3n) is 3.11. The number of nitrogens with one attached hydrogen (secondary N) is 1. The number of hydrogen-bond acceptors (Lipinski definition) is 4. The van der Waals surface area contributed by atoms with Crippen molar-refractivity contribution in [2.75, 3.05) is 39.1 Å². The van der Waals surface area contributed by atoms with Gasteiger partial charge in [-0.25, -0.2) is 4.98 Å². The molecule has 5 heteroatoms. The van der Waals surface area contributed by atoms with Crippen molar-refractivity contribution in [2.45, 2.75) is 33.4 Å². The molecule has 1 aromatic rings. The molecular weight excluding hydrogens is 228 g/mol. The molecule has 1 unspecified atom stereocenters. The van der Waals surface area contributed by atoms with Crippen molar-refractivity contribution in [1.82, 2.24) is 14.5 Å². The van der Waals surface area contributed by atoms with Crippen LogP contribution in [0.3, 0.4) is 0 Å². The fraction of sp³-hybridized carbons (Fsp3) is 0.769. The molecule has 104 valence electrons. The number of aromatic nitrogens is 2. The van der Waals surface area contributed by atoms with Gasteiger partial charge in [0.05, 0.1) is 11.8 Å². The molecule has 0 aliphatic carbocycles. The summed E-state index contributed by atoms with van der Waals surface area (Å²) in [6, 6.07) is 0. The molecule has 18 heavy (non-hydrogen) atoms. The molecule has 0 radical (unpaired) electrons. The van der Waals surface area contributed by atoms with Crippen molar-refractivity contribution in [1.29, 1.82) is 0 Å². The summed E-state index contributed by atoms with van der Waals surface area (Å²) in [5.41, 5.74) is 1.04. The topological polar surface area (TPSA) is 42.3 Å². The van der Waals surface area contributed by atoms with Crippen molar-refractivity contribution in [3.63, 3.8) is 0 Å². The first-order valence-corrected chi connectivity index (χ1v) is 6.59. The van der Waals surface area contributed by atoms with Gasteiger partial charge in [0.25, 0.3) is 0 Å². The fourth-order valence-electron chi connectivity index (χ4n) is 1.83. The predicted molar refractivity (Wildman–Crippen MR) is 75.1 cm³/mol. The van der Waals surface area contributed by atoms with Crippen LogP contribution in [0.4, 0.5) is 5.95 Å². The van der Waals surface area contributed by atoms with Crippen molar-refractivity contribution in [3.05, 3.63) is 11.9 Å². The third kappa shape index (κ3) is 4.31. The first-order valence-electron chi connectivity index (χ1n) is 6.59. The summed E-state index contributed by atoms with van der Waals surface area (Å²) in [6.45, 7) is 9.93. The van der Waals surface area contributed by atoms with E-state index in [1.54, 1.807) is 7.11 Å². The SMILES string of the molecule is CCN(C)CC(CNc1nc(C)cn1CC)OC. The average molecular weight is 254 g/mol. The van der Waals surface area contributed by atoms with E-state index in [0.29, 0.717) is 0 Å². The number of rotatable bonds is 8. The van der Waals surface area contributed by atoms with E-state index in [-0.39, 0.29) is 6.10 Å². The summed E-state index contributed by atoms with van der Waals surface area (Å²) < 4.78 is 7.60. The smallest absolute Gasteiger partial charge is 0.203 e. The largest absolute Gasteiger partial charge is 0.378 e. The molecule has 0 saturated heterocycles. The van der Waals surface area contributed by atoms with Crippen LogP contribution in [0.25, 0.3) is 0 Å². The van der Waals surface area contributed by atoms with Gasteiger partial charge in [-0.15, -0.1) is 0 Å². The molecule has 0 aliphatic heterocycles. The second kappa shape index (κ2) is 7.38. The minimum absolute atomic E-state index is 0.178. The Balaban J connectivity index is 2.51. The molecule has 0 bridgehead atoms. The highest BCUT2D eigenvalue weighted by Crippen LogP contribution is 2.08. The van der Waals surface area contributed by atoms with Crippen molar-refractivity contribution in [3.8, 4) is 0 Å². The molecule has 5 nitrogen and oxygen atoms in total. The van der Waals surface area contributed by atoms with E-state index >= 15 is 0 Å². The zero-order chi connectivity index (χ0) is 13.5. The molecule has 0 spiro atoms. The Morgan fingerprint density at radius 3 is 2.78 bits per heavy atom. The van der Waals surface area contributed by atoms with Crippen LogP contribution < -0.4 is 5.32 Å². The van der Waals surface area contributed by atoms with Crippen LogP contribution in [0.15, 0.2) is 6.20 Å². The molecule has 1 atom stereocenters. The van der Waals surface area contributed by atoms with Crippen LogP contribution >= 0.6 is 0 Å². The number of hydrogen-bond donors (Lipinski definition) is 1. The molecule has 1 N–H and O–H groups in total. The summed E-state index contributed by atoms with van der Waals surface area (Å²) in [6.07, 6.45) is 2.24. The van der Waals surface area contributed by atoms with E-state index in [9.17, 15) is 0 Å². The summed E-state index contributed by atoms with van der Waals surface area (Å²) in [4.78, 5) is 6.71. The van der Waals surface area contributed by atoms with Crippen molar-refractivity contribution < 1.29 is 4.74 Å². The van der Waals surface area contributed by atoms with Crippen LogP contribution in [0, 0.1) is 6.92 Å². The number of likely N-dealkylation sites (N-methyl/N-ethyl adjacent to an activating group) is 1. The van der Waals surface area contributed by atoms with Crippen molar-refractivity contribution in [2.24, 2.45) is 0 Å². The van der Waals surface area contributed by atoms with E-state index < -0.39 is 0 Å². The fourth-order valence-corrected chi connectivity index (χ4v) is 1.83. The van der Waals surface area contributed by atoms with Crippen LogP contribution in [0.1, 0.15) is 19.5 Å². The van der Waals surface area contributed by atoms with Gasteiger partial charge in [-0.3, -0.25) is 0 Å². The quantitative estimate of drug-likeness (QED) is 0.765. The van der Waals surface area contributed by atoms with Gasteiger partial charge in [0.15, 0.2) is 0 Å².